The van der Waals surface area contributed by atoms with Crippen LogP contribution in [0.3, 0.4) is 0 Å². The van der Waals surface area contributed by atoms with Gasteiger partial charge in [-0.15, -0.1) is 0 Å². The van der Waals surface area contributed by atoms with Crippen LogP contribution in [-0.4, -0.2) is 19.9 Å². The Morgan fingerprint density at radius 1 is 0.958 bits per heavy atom. The van der Waals surface area contributed by atoms with Crippen molar-refractivity contribution in [1.29, 1.82) is 0 Å². The van der Waals surface area contributed by atoms with E-state index in [9.17, 15) is 0 Å². The van der Waals surface area contributed by atoms with Crippen LogP contribution in [0.25, 0.3) is 11.4 Å². The van der Waals surface area contributed by atoms with Crippen LogP contribution >= 0.6 is 0 Å². The number of anilines is 1. The van der Waals surface area contributed by atoms with E-state index in [1.807, 2.05) is 36.5 Å². The largest absolute Gasteiger partial charge is 0.347 e. The molecule has 3 heterocycles. The van der Waals surface area contributed by atoms with E-state index in [2.05, 4.69) is 38.2 Å². The second-order valence-corrected chi connectivity index (χ2v) is 5.61. The average molecular weight is 319 g/mol. The Bertz CT molecular complexity index is 746. The Morgan fingerprint density at radius 2 is 1.92 bits per heavy atom. The molecule has 0 fully saturated rings. The summed E-state index contributed by atoms with van der Waals surface area (Å²) >= 11 is 0. The van der Waals surface area contributed by atoms with E-state index in [-0.39, 0.29) is 6.04 Å². The lowest BCUT2D eigenvalue weighted by atomic mass is 10.0. The van der Waals surface area contributed by atoms with E-state index in [1.54, 1.807) is 18.6 Å². The van der Waals surface area contributed by atoms with Crippen LogP contribution in [0, 0.1) is 0 Å². The third-order valence-corrected chi connectivity index (χ3v) is 3.82. The van der Waals surface area contributed by atoms with E-state index >= 15 is 0 Å². The standard InChI is InChI=1S/C19H21N5/c1-2-3-8-16(15-7-6-11-20-14-15)23-19-22-13-10-18(24-19)17-9-4-5-12-21-17/h4-7,9-14,16H,2-3,8H2,1H3,(H,22,23,24). The van der Waals surface area contributed by atoms with Gasteiger partial charge in [0.2, 0.25) is 5.95 Å². The van der Waals surface area contributed by atoms with Crippen molar-refractivity contribution in [3.8, 4) is 11.4 Å². The van der Waals surface area contributed by atoms with Gasteiger partial charge in [-0.05, 0) is 36.2 Å². The third-order valence-electron chi connectivity index (χ3n) is 3.82. The van der Waals surface area contributed by atoms with Crippen LogP contribution in [0.2, 0.25) is 0 Å². The molecule has 24 heavy (non-hydrogen) atoms. The topological polar surface area (TPSA) is 63.6 Å². The number of aromatic nitrogens is 4. The van der Waals surface area contributed by atoms with E-state index in [0.29, 0.717) is 5.95 Å². The van der Waals surface area contributed by atoms with Crippen molar-refractivity contribution in [3.63, 3.8) is 0 Å². The van der Waals surface area contributed by atoms with Gasteiger partial charge in [0.1, 0.15) is 0 Å². The first-order valence-corrected chi connectivity index (χ1v) is 8.27. The number of nitrogens with one attached hydrogen (secondary N) is 1. The minimum absolute atomic E-state index is 0.151. The minimum atomic E-state index is 0.151. The maximum atomic E-state index is 4.61. The highest BCUT2D eigenvalue weighted by Crippen LogP contribution is 2.23. The van der Waals surface area contributed by atoms with Gasteiger partial charge >= 0.3 is 0 Å². The lowest BCUT2D eigenvalue weighted by molar-refractivity contribution is 0.628. The summed E-state index contributed by atoms with van der Waals surface area (Å²) in [7, 11) is 0. The monoisotopic (exact) mass is 319 g/mol. The zero-order valence-corrected chi connectivity index (χ0v) is 13.8. The molecule has 1 unspecified atom stereocenters. The van der Waals surface area contributed by atoms with Crippen molar-refractivity contribution in [2.45, 2.75) is 32.2 Å². The fourth-order valence-corrected chi connectivity index (χ4v) is 2.55. The molecule has 0 aromatic carbocycles. The lowest BCUT2D eigenvalue weighted by Gasteiger charge is -2.18. The van der Waals surface area contributed by atoms with Gasteiger partial charge in [-0.3, -0.25) is 9.97 Å². The number of nitrogens with zero attached hydrogens (tertiary/aromatic N) is 4. The summed E-state index contributed by atoms with van der Waals surface area (Å²) in [5.74, 6) is 0.614. The molecular formula is C19H21N5. The Morgan fingerprint density at radius 3 is 2.67 bits per heavy atom. The van der Waals surface area contributed by atoms with Gasteiger partial charge in [0, 0.05) is 24.8 Å². The molecule has 1 atom stereocenters. The lowest BCUT2D eigenvalue weighted by Crippen LogP contribution is -2.13. The Labute approximate surface area is 142 Å². The van der Waals surface area contributed by atoms with Crippen LogP contribution in [0.5, 0.6) is 0 Å². The van der Waals surface area contributed by atoms with Crippen molar-refractivity contribution in [3.05, 3.63) is 66.7 Å². The quantitative estimate of drug-likeness (QED) is 0.704. The van der Waals surface area contributed by atoms with Crippen molar-refractivity contribution in [1.82, 2.24) is 19.9 Å². The summed E-state index contributed by atoms with van der Waals surface area (Å²) in [6, 6.07) is 11.9. The van der Waals surface area contributed by atoms with E-state index in [0.717, 1.165) is 36.2 Å². The van der Waals surface area contributed by atoms with Gasteiger partial charge in [0.25, 0.3) is 0 Å². The summed E-state index contributed by atoms with van der Waals surface area (Å²) < 4.78 is 0. The first-order valence-electron chi connectivity index (χ1n) is 8.27. The molecule has 1 N–H and O–H groups in total. The molecule has 3 rings (SSSR count). The van der Waals surface area contributed by atoms with Gasteiger partial charge in [-0.2, -0.15) is 0 Å². The van der Waals surface area contributed by atoms with Crippen LogP contribution in [-0.2, 0) is 0 Å². The second-order valence-electron chi connectivity index (χ2n) is 5.61. The van der Waals surface area contributed by atoms with Crippen LogP contribution < -0.4 is 5.32 Å². The summed E-state index contributed by atoms with van der Waals surface area (Å²) in [4.78, 5) is 17.6. The molecule has 0 aliphatic heterocycles. The Hall–Kier alpha value is -2.82. The Kier molecular flexibility index (Phi) is 5.45. The molecule has 0 saturated carbocycles. The number of rotatable bonds is 7. The molecule has 3 aromatic heterocycles. The molecule has 0 aliphatic rings. The zero-order chi connectivity index (χ0) is 16.6. The molecule has 0 saturated heterocycles. The predicted molar refractivity (Wildman–Crippen MR) is 95.4 cm³/mol. The fraction of sp³-hybridized carbons (Fsp3) is 0.263. The summed E-state index contributed by atoms with van der Waals surface area (Å²) in [6.45, 7) is 2.19. The van der Waals surface area contributed by atoms with Gasteiger partial charge < -0.3 is 5.32 Å². The SMILES string of the molecule is CCCCC(Nc1nccc(-c2ccccn2)n1)c1cccnc1. The molecule has 5 heteroatoms. The molecule has 3 aromatic rings. The van der Waals surface area contributed by atoms with E-state index in [4.69, 9.17) is 0 Å². The van der Waals surface area contributed by atoms with Crippen molar-refractivity contribution >= 4 is 5.95 Å². The zero-order valence-electron chi connectivity index (χ0n) is 13.8. The van der Waals surface area contributed by atoms with Crippen LogP contribution in [0.1, 0.15) is 37.8 Å². The highest BCUT2D eigenvalue weighted by Gasteiger charge is 2.13. The van der Waals surface area contributed by atoms with E-state index < -0.39 is 0 Å². The van der Waals surface area contributed by atoms with Crippen LogP contribution in [0.15, 0.2) is 61.2 Å². The highest BCUT2D eigenvalue weighted by molar-refractivity contribution is 5.54. The maximum absolute atomic E-state index is 4.61. The number of hydrogen-bond acceptors (Lipinski definition) is 5. The van der Waals surface area contributed by atoms with Gasteiger partial charge in [0.15, 0.2) is 0 Å². The molecular weight excluding hydrogens is 298 g/mol. The number of hydrogen-bond donors (Lipinski definition) is 1. The number of pyridine rings is 2. The summed E-state index contributed by atoms with van der Waals surface area (Å²) in [6.07, 6.45) is 10.5. The smallest absolute Gasteiger partial charge is 0.223 e. The normalized spacial score (nSPS) is 11.9. The van der Waals surface area contributed by atoms with Crippen molar-refractivity contribution in [2.24, 2.45) is 0 Å². The minimum Gasteiger partial charge on any atom is -0.347 e. The molecule has 0 aliphatic carbocycles. The fourth-order valence-electron chi connectivity index (χ4n) is 2.55. The van der Waals surface area contributed by atoms with Gasteiger partial charge in [-0.25, -0.2) is 9.97 Å². The molecule has 0 bridgehead atoms. The first-order chi connectivity index (χ1) is 11.9. The van der Waals surface area contributed by atoms with Crippen LogP contribution in [0.4, 0.5) is 5.95 Å². The summed E-state index contributed by atoms with van der Waals surface area (Å²) in [5.41, 5.74) is 2.81. The number of unbranched alkanes of at least 4 members (excludes halogenated alkanes) is 1. The maximum Gasteiger partial charge on any atom is 0.223 e. The van der Waals surface area contributed by atoms with Gasteiger partial charge in [0.05, 0.1) is 17.4 Å². The first kappa shape index (κ1) is 16.1. The van der Waals surface area contributed by atoms with E-state index in [1.165, 1.54) is 0 Å². The summed E-state index contributed by atoms with van der Waals surface area (Å²) in [5, 5.41) is 3.45. The van der Waals surface area contributed by atoms with Crippen molar-refractivity contribution < 1.29 is 0 Å². The molecule has 122 valence electrons. The molecule has 5 nitrogen and oxygen atoms in total. The Balaban J connectivity index is 1.82. The predicted octanol–water partition coefficient (Wildman–Crippen LogP) is 4.28. The highest BCUT2D eigenvalue weighted by atomic mass is 15.1. The van der Waals surface area contributed by atoms with Gasteiger partial charge in [-0.1, -0.05) is 31.9 Å². The molecule has 0 radical (unpaired) electrons. The average Bonchev–Trinajstić information content (AvgIpc) is 2.67. The molecule has 0 amide bonds. The molecule has 0 spiro atoms. The van der Waals surface area contributed by atoms with Crippen molar-refractivity contribution in [2.75, 3.05) is 5.32 Å². The third kappa shape index (κ3) is 4.13. The second kappa shape index (κ2) is 8.15.